The number of benzene rings is 2. The number of carbonyl (C=O) groups is 3. The van der Waals surface area contributed by atoms with Gasteiger partial charge in [0.25, 0.3) is 0 Å². The van der Waals surface area contributed by atoms with E-state index in [4.69, 9.17) is 0 Å². The summed E-state index contributed by atoms with van der Waals surface area (Å²) < 4.78 is 28.2. The fraction of sp³-hybridized carbons (Fsp3) is 0.400. The number of nitrogens with zero attached hydrogens (tertiary/aromatic N) is 2. The molecule has 1 atom stereocenters. The number of piperidine rings is 1. The molecule has 2 aliphatic rings. The average Bonchev–Trinajstić information content (AvgIpc) is 2.84. The third-order valence-corrected chi connectivity index (χ3v) is 8.28. The smallest absolute Gasteiger partial charge is 0.243 e. The summed E-state index contributed by atoms with van der Waals surface area (Å²) in [6, 6.07) is 11.7. The molecular weight excluding hydrogens is 468 g/mol. The normalized spacial score (nSPS) is 18.5. The quantitative estimate of drug-likeness (QED) is 0.658. The summed E-state index contributed by atoms with van der Waals surface area (Å²) in [5.41, 5.74) is 2.82. The Bertz CT molecular complexity index is 1240. The molecule has 0 radical (unpaired) electrons. The van der Waals surface area contributed by atoms with Crippen LogP contribution in [0.25, 0.3) is 0 Å². The Kier molecular flexibility index (Phi) is 7.23. The number of nitrogens with one attached hydrogen (secondary N) is 2. The van der Waals surface area contributed by atoms with Gasteiger partial charge in [-0.15, -0.1) is 0 Å². The highest BCUT2D eigenvalue weighted by Crippen LogP contribution is 2.32. The summed E-state index contributed by atoms with van der Waals surface area (Å²) in [5, 5.41) is 5.52. The lowest BCUT2D eigenvalue weighted by Crippen LogP contribution is -2.43. The SMILES string of the molecule is CC(=O)Nc1ccc(NC(=O)[C@@H]2CCCN(S(=O)(=O)c3ccc4c(c3)CCCN4C(C)=O)C2)cc1. The van der Waals surface area contributed by atoms with Gasteiger partial charge >= 0.3 is 0 Å². The Morgan fingerprint density at radius 3 is 2.26 bits per heavy atom. The molecule has 186 valence electrons. The predicted octanol–water partition coefficient (Wildman–Crippen LogP) is 2.98. The number of anilines is 3. The summed E-state index contributed by atoms with van der Waals surface area (Å²) >= 11 is 0. The Morgan fingerprint density at radius 1 is 0.914 bits per heavy atom. The Labute approximate surface area is 205 Å². The van der Waals surface area contributed by atoms with E-state index >= 15 is 0 Å². The number of sulfonamides is 1. The first-order valence-corrected chi connectivity index (χ1v) is 13.2. The van der Waals surface area contributed by atoms with Crippen molar-refractivity contribution < 1.29 is 22.8 Å². The van der Waals surface area contributed by atoms with Crippen molar-refractivity contribution in [3.05, 3.63) is 48.0 Å². The van der Waals surface area contributed by atoms with Crippen LogP contribution < -0.4 is 15.5 Å². The van der Waals surface area contributed by atoms with Gasteiger partial charge in [-0.2, -0.15) is 4.31 Å². The highest BCUT2D eigenvalue weighted by Gasteiger charge is 2.34. The first-order chi connectivity index (χ1) is 16.6. The molecule has 9 nitrogen and oxygen atoms in total. The number of hydrogen-bond donors (Lipinski definition) is 2. The molecule has 0 aromatic heterocycles. The van der Waals surface area contributed by atoms with Gasteiger partial charge in [0.2, 0.25) is 27.7 Å². The van der Waals surface area contributed by atoms with Gasteiger partial charge in [-0.05, 0) is 73.7 Å². The zero-order valence-corrected chi connectivity index (χ0v) is 20.7. The molecule has 35 heavy (non-hydrogen) atoms. The van der Waals surface area contributed by atoms with E-state index < -0.39 is 15.9 Å². The maximum absolute atomic E-state index is 13.4. The third kappa shape index (κ3) is 5.54. The van der Waals surface area contributed by atoms with Crippen molar-refractivity contribution in [1.82, 2.24) is 4.31 Å². The van der Waals surface area contributed by atoms with Crippen LogP contribution in [0.2, 0.25) is 0 Å². The standard InChI is InChI=1S/C25H30N4O5S/c1-17(30)26-21-7-9-22(10-8-21)27-25(32)20-6-3-13-28(16-20)35(33,34)23-11-12-24-19(15-23)5-4-14-29(24)18(2)31/h7-12,15,20H,3-6,13-14,16H2,1-2H3,(H,26,30)(H,27,32)/t20-/m1/s1. The lowest BCUT2D eigenvalue weighted by Gasteiger charge is -2.32. The van der Waals surface area contributed by atoms with Gasteiger partial charge < -0.3 is 15.5 Å². The van der Waals surface area contributed by atoms with Gasteiger partial charge in [0.05, 0.1) is 10.8 Å². The second kappa shape index (κ2) is 10.2. The fourth-order valence-corrected chi connectivity index (χ4v) is 6.24. The number of amides is 3. The van der Waals surface area contributed by atoms with Gasteiger partial charge in [-0.25, -0.2) is 8.42 Å². The van der Waals surface area contributed by atoms with Crippen molar-refractivity contribution in [3.63, 3.8) is 0 Å². The van der Waals surface area contributed by atoms with Crippen LogP contribution in [0.4, 0.5) is 17.1 Å². The average molecular weight is 499 g/mol. The van der Waals surface area contributed by atoms with Crippen LogP contribution in [-0.2, 0) is 30.8 Å². The number of fused-ring (bicyclic) bond motifs is 1. The lowest BCUT2D eigenvalue weighted by atomic mass is 9.98. The van der Waals surface area contributed by atoms with Crippen molar-refractivity contribution in [1.29, 1.82) is 0 Å². The molecule has 2 N–H and O–H groups in total. The molecule has 10 heteroatoms. The van der Waals surface area contributed by atoms with Crippen molar-refractivity contribution in [2.45, 2.75) is 44.4 Å². The number of rotatable bonds is 5. The van der Waals surface area contributed by atoms with E-state index in [1.165, 1.54) is 18.2 Å². The minimum atomic E-state index is -3.78. The first kappa shape index (κ1) is 24.9. The van der Waals surface area contributed by atoms with Crippen molar-refractivity contribution in [3.8, 4) is 0 Å². The van der Waals surface area contributed by atoms with Gasteiger partial charge in [0, 0.05) is 50.5 Å². The molecule has 2 aromatic rings. The molecule has 0 spiro atoms. The zero-order chi connectivity index (χ0) is 25.2. The molecule has 0 saturated carbocycles. The molecule has 1 fully saturated rings. The second-order valence-electron chi connectivity index (χ2n) is 9.01. The van der Waals surface area contributed by atoms with Crippen LogP contribution in [0, 0.1) is 5.92 Å². The first-order valence-electron chi connectivity index (χ1n) is 11.7. The summed E-state index contributed by atoms with van der Waals surface area (Å²) in [6.45, 7) is 4.02. The molecule has 0 bridgehead atoms. The maximum atomic E-state index is 13.4. The number of hydrogen-bond acceptors (Lipinski definition) is 5. The highest BCUT2D eigenvalue weighted by atomic mass is 32.2. The minimum Gasteiger partial charge on any atom is -0.326 e. The van der Waals surface area contributed by atoms with Gasteiger partial charge in [0.1, 0.15) is 0 Å². The molecular formula is C25H30N4O5S. The van der Waals surface area contributed by atoms with Crippen LogP contribution >= 0.6 is 0 Å². The molecule has 0 unspecified atom stereocenters. The monoisotopic (exact) mass is 498 g/mol. The van der Waals surface area contributed by atoms with E-state index in [1.54, 1.807) is 47.4 Å². The molecule has 3 amide bonds. The topological polar surface area (TPSA) is 116 Å². The lowest BCUT2D eigenvalue weighted by molar-refractivity contribution is -0.121. The Morgan fingerprint density at radius 2 is 1.60 bits per heavy atom. The van der Waals surface area contributed by atoms with Gasteiger partial charge in [0.15, 0.2) is 0 Å². The van der Waals surface area contributed by atoms with E-state index in [-0.39, 0.29) is 29.2 Å². The van der Waals surface area contributed by atoms with Gasteiger partial charge in [-0.3, -0.25) is 14.4 Å². The van der Waals surface area contributed by atoms with Crippen molar-refractivity contribution in [2.75, 3.05) is 35.2 Å². The third-order valence-electron chi connectivity index (χ3n) is 6.42. The summed E-state index contributed by atoms with van der Waals surface area (Å²) in [7, 11) is -3.78. The molecule has 0 aliphatic carbocycles. The Balaban J connectivity index is 1.46. The summed E-state index contributed by atoms with van der Waals surface area (Å²) in [4.78, 5) is 37.8. The summed E-state index contributed by atoms with van der Waals surface area (Å²) in [5.74, 6) is -0.948. The van der Waals surface area contributed by atoms with E-state index in [0.717, 1.165) is 17.7 Å². The van der Waals surface area contributed by atoms with E-state index in [2.05, 4.69) is 10.6 Å². The van der Waals surface area contributed by atoms with Crippen LogP contribution in [0.5, 0.6) is 0 Å². The Hall–Kier alpha value is -3.24. The molecule has 4 rings (SSSR count). The largest absolute Gasteiger partial charge is 0.326 e. The van der Waals surface area contributed by atoms with Gasteiger partial charge in [-0.1, -0.05) is 0 Å². The van der Waals surface area contributed by atoms with E-state index in [1.807, 2.05) is 0 Å². The van der Waals surface area contributed by atoms with Crippen molar-refractivity contribution in [2.24, 2.45) is 5.92 Å². The number of carbonyl (C=O) groups excluding carboxylic acids is 3. The maximum Gasteiger partial charge on any atom is 0.243 e. The van der Waals surface area contributed by atoms with Crippen LogP contribution in [0.1, 0.15) is 38.7 Å². The van der Waals surface area contributed by atoms with Crippen LogP contribution in [-0.4, -0.2) is 50.1 Å². The molecule has 2 heterocycles. The fourth-order valence-electron chi connectivity index (χ4n) is 4.67. The van der Waals surface area contributed by atoms with Crippen LogP contribution in [0.3, 0.4) is 0 Å². The van der Waals surface area contributed by atoms with Crippen LogP contribution in [0.15, 0.2) is 47.4 Å². The van der Waals surface area contributed by atoms with E-state index in [9.17, 15) is 22.8 Å². The minimum absolute atomic E-state index is 0.0591. The van der Waals surface area contributed by atoms with Crippen molar-refractivity contribution >= 4 is 44.8 Å². The summed E-state index contributed by atoms with van der Waals surface area (Å²) in [6.07, 6.45) is 2.68. The molecule has 2 aromatic carbocycles. The molecule has 2 aliphatic heterocycles. The van der Waals surface area contributed by atoms with E-state index in [0.29, 0.717) is 43.7 Å². The second-order valence-corrected chi connectivity index (χ2v) is 11.0. The highest BCUT2D eigenvalue weighted by molar-refractivity contribution is 7.89. The predicted molar refractivity (Wildman–Crippen MR) is 134 cm³/mol. The zero-order valence-electron chi connectivity index (χ0n) is 19.9. The number of aryl methyl sites for hydroxylation is 1. The molecule has 1 saturated heterocycles.